The lowest BCUT2D eigenvalue weighted by molar-refractivity contribution is -0.147. The number of ether oxygens (including phenoxy) is 1. The van der Waals surface area contributed by atoms with Gasteiger partial charge in [-0.05, 0) is 70.6 Å². The van der Waals surface area contributed by atoms with Crippen molar-refractivity contribution in [2.75, 3.05) is 26.4 Å². The van der Waals surface area contributed by atoms with Crippen LogP contribution in [0.4, 0.5) is 0 Å². The Hall–Kier alpha value is -2.03. The van der Waals surface area contributed by atoms with E-state index in [9.17, 15) is 24.2 Å². The first-order chi connectivity index (χ1) is 27.8. The van der Waals surface area contributed by atoms with E-state index in [1.165, 1.54) is 103 Å². The molecule has 2 unspecified atom stereocenters. The highest BCUT2D eigenvalue weighted by atomic mass is 31.2. The topological polar surface area (TPSA) is 131 Å². The SMILES string of the molecule is CCC/C=C\C/C=C\CCCCCCCC(=O)NCCOP(=O)(O)OCC(O)COC(=O)CCCCCCCCCCCCCCC/C=C\C/C=C\CCCCC. The Kier molecular flexibility index (Phi) is 42.0. The number of rotatable bonds is 43. The van der Waals surface area contributed by atoms with Crippen LogP contribution in [0.2, 0.25) is 0 Å². The Morgan fingerprint density at radius 2 is 0.982 bits per heavy atom. The van der Waals surface area contributed by atoms with Gasteiger partial charge in [0.25, 0.3) is 0 Å². The van der Waals surface area contributed by atoms with Crippen molar-refractivity contribution < 1.29 is 37.9 Å². The Morgan fingerprint density at radius 3 is 1.47 bits per heavy atom. The molecule has 0 aliphatic carbocycles. The summed E-state index contributed by atoms with van der Waals surface area (Å²) in [6.07, 6.45) is 50.5. The van der Waals surface area contributed by atoms with Crippen molar-refractivity contribution in [3.8, 4) is 0 Å². The van der Waals surface area contributed by atoms with E-state index in [0.29, 0.717) is 6.42 Å². The fourth-order valence-corrected chi connectivity index (χ4v) is 6.97. The van der Waals surface area contributed by atoms with Crippen LogP contribution in [-0.4, -0.2) is 54.3 Å². The van der Waals surface area contributed by atoms with Crippen LogP contribution in [0.3, 0.4) is 0 Å². The van der Waals surface area contributed by atoms with E-state index >= 15 is 0 Å². The highest BCUT2D eigenvalue weighted by Gasteiger charge is 2.23. The molecule has 0 saturated carbocycles. The first kappa shape index (κ1) is 55.0. The molecular weight excluding hydrogens is 737 g/mol. The minimum atomic E-state index is -4.42. The van der Waals surface area contributed by atoms with Crippen molar-refractivity contribution >= 4 is 19.7 Å². The van der Waals surface area contributed by atoms with Gasteiger partial charge < -0.3 is 20.1 Å². The third kappa shape index (κ3) is 44.9. The number of aliphatic hydroxyl groups is 1. The molecule has 9 nitrogen and oxygen atoms in total. The third-order valence-corrected chi connectivity index (χ3v) is 10.7. The molecule has 3 N–H and O–H groups in total. The second-order valence-corrected chi connectivity index (χ2v) is 16.8. The summed E-state index contributed by atoms with van der Waals surface area (Å²) < 4.78 is 26.9. The molecule has 0 radical (unpaired) electrons. The Labute approximate surface area is 349 Å². The number of allylic oxidation sites excluding steroid dienone is 8. The lowest BCUT2D eigenvalue weighted by Crippen LogP contribution is -2.27. The normalized spacial score (nSPS) is 13.7. The number of phosphoric ester groups is 1. The van der Waals surface area contributed by atoms with Gasteiger partial charge >= 0.3 is 13.8 Å². The average Bonchev–Trinajstić information content (AvgIpc) is 3.20. The van der Waals surface area contributed by atoms with E-state index in [1.807, 2.05) is 0 Å². The lowest BCUT2D eigenvalue weighted by Gasteiger charge is -2.15. The zero-order valence-corrected chi connectivity index (χ0v) is 37.4. The van der Waals surface area contributed by atoms with Crippen LogP contribution in [-0.2, 0) is 27.9 Å². The van der Waals surface area contributed by atoms with Gasteiger partial charge in [0.2, 0.25) is 5.91 Å². The second-order valence-electron chi connectivity index (χ2n) is 15.4. The van der Waals surface area contributed by atoms with Crippen molar-refractivity contribution in [2.24, 2.45) is 0 Å². The van der Waals surface area contributed by atoms with Crippen molar-refractivity contribution in [1.29, 1.82) is 0 Å². The van der Waals surface area contributed by atoms with Crippen molar-refractivity contribution in [3.63, 3.8) is 0 Å². The molecule has 0 heterocycles. The molecule has 0 saturated heterocycles. The first-order valence-electron chi connectivity index (χ1n) is 23.1. The van der Waals surface area contributed by atoms with Gasteiger partial charge in [-0.25, -0.2) is 4.57 Å². The monoisotopic (exact) mass is 824 g/mol. The van der Waals surface area contributed by atoms with Crippen molar-refractivity contribution in [2.45, 2.75) is 213 Å². The number of aliphatic hydroxyl groups excluding tert-OH is 1. The highest BCUT2D eigenvalue weighted by molar-refractivity contribution is 7.47. The number of hydrogen-bond donors (Lipinski definition) is 3. The van der Waals surface area contributed by atoms with E-state index in [-0.39, 0.29) is 32.1 Å². The minimum absolute atomic E-state index is 0.0733. The maximum absolute atomic E-state index is 12.1. The Balaban J connectivity index is 3.57. The van der Waals surface area contributed by atoms with Gasteiger partial charge in [0, 0.05) is 19.4 Å². The maximum Gasteiger partial charge on any atom is 0.472 e. The number of esters is 1. The van der Waals surface area contributed by atoms with Crippen LogP contribution < -0.4 is 5.32 Å². The molecule has 57 heavy (non-hydrogen) atoms. The summed E-state index contributed by atoms with van der Waals surface area (Å²) in [6.45, 7) is 3.45. The van der Waals surface area contributed by atoms with Gasteiger partial charge in [0.15, 0.2) is 0 Å². The summed E-state index contributed by atoms with van der Waals surface area (Å²) in [5, 5.41) is 12.7. The number of carbonyl (C=O) groups excluding carboxylic acids is 2. The molecule has 1 amide bonds. The molecule has 332 valence electrons. The first-order valence-corrected chi connectivity index (χ1v) is 24.6. The molecule has 0 bridgehead atoms. The highest BCUT2D eigenvalue weighted by Crippen LogP contribution is 2.42. The van der Waals surface area contributed by atoms with Crippen LogP contribution >= 0.6 is 7.82 Å². The summed E-state index contributed by atoms with van der Waals surface area (Å²) >= 11 is 0. The largest absolute Gasteiger partial charge is 0.472 e. The van der Waals surface area contributed by atoms with Gasteiger partial charge in [0.05, 0.1) is 13.2 Å². The second kappa shape index (κ2) is 43.5. The van der Waals surface area contributed by atoms with Crippen LogP contribution in [0, 0.1) is 0 Å². The van der Waals surface area contributed by atoms with E-state index in [0.717, 1.165) is 77.0 Å². The summed E-state index contributed by atoms with van der Waals surface area (Å²) in [7, 11) is -4.42. The molecule has 0 aliphatic rings. The van der Waals surface area contributed by atoms with Gasteiger partial charge in [-0.15, -0.1) is 0 Å². The molecule has 0 fully saturated rings. The van der Waals surface area contributed by atoms with Gasteiger partial charge in [-0.3, -0.25) is 18.6 Å². The third-order valence-electron chi connectivity index (χ3n) is 9.71. The average molecular weight is 824 g/mol. The van der Waals surface area contributed by atoms with E-state index in [4.69, 9.17) is 13.8 Å². The standard InChI is InChI=1S/C47H86NO8P/c1-3-5-7-9-11-13-15-17-18-19-20-21-22-23-24-25-26-28-30-32-34-36-38-40-47(51)54-43-45(49)44-56-57(52,53)55-42-41-48-46(50)39-37-35-33-31-29-27-16-14-12-10-8-6-4-2/h8,10-11,13-14,16-18,45,49H,3-7,9,12,15,19-44H2,1-2H3,(H,48,50)(H,52,53)/b10-8-,13-11-,16-14-,18-17-. The molecule has 0 rings (SSSR count). The van der Waals surface area contributed by atoms with Gasteiger partial charge in [-0.1, -0.05) is 172 Å². The number of carbonyl (C=O) groups is 2. The van der Waals surface area contributed by atoms with Gasteiger partial charge in [-0.2, -0.15) is 0 Å². The number of hydrogen-bond acceptors (Lipinski definition) is 7. The molecule has 0 aliphatic heterocycles. The quantitative estimate of drug-likeness (QED) is 0.0240. The summed E-state index contributed by atoms with van der Waals surface area (Å²) in [5.41, 5.74) is 0. The fraction of sp³-hybridized carbons (Fsp3) is 0.787. The number of nitrogens with one attached hydrogen (secondary N) is 1. The van der Waals surface area contributed by atoms with E-state index in [1.54, 1.807) is 0 Å². The number of phosphoric acid groups is 1. The molecular formula is C47H86NO8P. The molecule has 0 aromatic heterocycles. The molecule has 2 atom stereocenters. The summed E-state index contributed by atoms with van der Waals surface area (Å²) in [4.78, 5) is 33.9. The van der Waals surface area contributed by atoms with Crippen LogP contribution in [0.5, 0.6) is 0 Å². The lowest BCUT2D eigenvalue weighted by atomic mass is 10.0. The summed E-state index contributed by atoms with van der Waals surface area (Å²) in [5.74, 6) is -0.531. The van der Waals surface area contributed by atoms with E-state index < -0.39 is 26.5 Å². The zero-order valence-electron chi connectivity index (χ0n) is 36.5. The van der Waals surface area contributed by atoms with Crippen LogP contribution in [0.1, 0.15) is 206 Å². The molecule has 0 aromatic rings. The Bertz CT molecular complexity index is 1080. The van der Waals surface area contributed by atoms with Crippen molar-refractivity contribution in [3.05, 3.63) is 48.6 Å². The zero-order chi connectivity index (χ0) is 41.8. The van der Waals surface area contributed by atoms with E-state index in [2.05, 4.69) is 67.8 Å². The van der Waals surface area contributed by atoms with Crippen molar-refractivity contribution in [1.82, 2.24) is 5.32 Å². The molecule has 0 spiro atoms. The van der Waals surface area contributed by atoms with Crippen LogP contribution in [0.25, 0.3) is 0 Å². The molecule has 0 aromatic carbocycles. The molecule has 10 heteroatoms. The number of unbranched alkanes of at least 4 members (excludes halogenated alkanes) is 22. The summed E-state index contributed by atoms with van der Waals surface area (Å²) in [6, 6.07) is 0. The maximum atomic E-state index is 12.1. The number of amides is 1. The predicted molar refractivity (Wildman–Crippen MR) is 238 cm³/mol. The Morgan fingerprint density at radius 1 is 0.544 bits per heavy atom. The fourth-order valence-electron chi connectivity index (χ4n) is 6.21. The minimum Gasteiger partial charge on any atom is -0.463 e. The van der Waals surface area contributed by atoms with Crippen LogP contribution in [0.15, 0.2) is 48.6 Å². The smallest absolute Gasteiger partial charge is 0.463 e. The predicted octanol–water partition coefficient (Wildman–Crippen LogP) is 13.1. The van der Waals surface area contributed by atoms with Gasteiger partial charge in [0.1, 0.15) is 12.7 Å².